The molecule has 1 fully saturated rings. The number of nitrogens with zero attached hydrogens (tertiary/aromatic N) is 3. The number of methoxy groups -OCH3 is 1. The molecule has 1 aliphatic rings. The molecule has 1 amide bonds. The Hall–Kier alpha value is -3.28. The fourth-order valence-corrected chi connectivity index (χ4v) is 4.33. The van der Waals surface area contributed by atoms with Crippen molar-refractivity contribution in [1.29, 1.82) is 0 Å². The summed E-state index contributed by atoms with van der Waals surface area (Å²) in [6.07, 6.45) is 6.45. The highest BCUT2D eigenvalue weighted by Crippen LogP contribution is 2.31. The Morgan fingerprint density at radius 1 is 1.16 bits per heavy atom. The van der Waals surface area contributed by atoms with Crippen molar-refractivity contribution in [3.8, 4) is 11.5 Å². The number of hydrogen-bond donors (Lipinski definition) is 0. The number of imidazole rings is 1. The Bertz CT molecular complexity index is 1120. The molecule has 2 aromatic carbocycles. The van der Waals surface area contributed by atoms with E-state index < -0.39 is 0 Å². The molecule has 0 bridgehead atoms. The fourth-order valence-electron chi connectivity index (χ4n) is 4.33. The number of likely N-dealkylation sites (tertiary alicyclic amines) is 1. The monoisotopic (exact) mass is 433 g/mol. The predicted octanol–water partition coefficient (Wildman–Crippen LogP) is 4.88. The number of carbonyl (C=O) groups is 1. The first-order chi connectivity index (χ1) is 15.6. The molecule has 168 valence electrons. The van der Waals surface area contributed by atoms with Crippen molar-refractivity contribution >= 4 is 23.0 Å². The second-order valence-corrected chi connectivity index (χ2v) is 8.25. The van der Waals surface area contributed by atoms with Gasteiger partial charge in [-0.25, -0.2) is 4.98 Å². The maximum atomic E-state index is 12.1. The fraction of sp³-hybridized carbons (Fsp3) is 0.385. The SMILES string of the molecule is C/C=C/c1ccc(OCCCCn2c(C3CC(=O)N(C)C3)nc3ccccc32)c(OC)c1. The lowest BCUT2D eigenvalue weighted by atomic mass is 10.1. The van der Waals surface area contributed by atoms with Crippen LogP contribution in [0.3, 0.4) is 0 Å². The first kappa shape index (κ1) is 21.9. The summed E-state index contributed by atoms with van der Waals surface area (Å²) >= 11 is 0. The average Bonchev–Trinajstić information content (AvgIpc) is 3.34. The van der Waals surface area contributed by atoms with Crippen LogP contribution in [0.2, 0.25) is 0 Å². The number of allylic oxidation sites excluding steroid dienone is 1. The lowest BCUT2D eigenvalue weighted by Gasteiger charge is -2.14. The molecule has 6 heteroatoms. The standard InChI is InChI=1S/C26H31N3O3/c1-4-9-19-12-13-23(24(16-19)31-3)32-15-8-7-14-29-22-11-6-5-10-21(22)27-26(29)20-17-25(30)28(2)18-20/h4-6,9-13,16,20H,7-8,14-15,17-18H2,1-3H3/b9-4+. The van der Waals surface area contributed by atoms with Gasteiger partial charge in [0.25, 0.3) is 0 Å². The van der Waals surface area contributed by atoms with Crippen molar-refractivity contribution in [2.45, 2.75) is 38.6 Å². The molecule has 1 aromatic heterocycles. The van der Waals surface area contributed by atoms with E-state index in [1.807, 2.05) is 62.5 Å². The topological polar surface area (TPSA) is 56.6 Å². The quantitative estimate of drug-likeness (QED) is 0.451. The van der Waals surface area contributed by atoms with Gasteiger partial charge >= 0.3 is 0 Å². The molecule has 0 saturated carbocycles. The van der Waals surface area contributed by atoms with Gasteiger partial charge in [-0.3, -0.25) is 4.79 Å². The maximum absolute atomic E-state index is 12.1. The minimum Gasteiger partial charge on any atom is -0.493 e. The van der Waals surface area contributed by atoms with Gasteiger partial charge in [-0.15, -0.1) is 0 Å². The predicted molar refractivity (Wildman–Crippen MR) is 127 cm³/mol. The lowest BCUT2D eigenvalue weighted by molar-refractivity contribution is -0.126. The zero-order valence-electron chi connectivity index (χ0n) is 19.1. The van der Waals surface area contributed by atoms with Gasteiger partial charge in [-0.1, -0.05) is 30.4 Å². The van der Waals surface area contributed by atoms with E-state index in [-0.39, 0.29) is 11.8 Å². The molecule has 6 nitrogen and oxygen atoms in total. The Morgan fingerprint density at radius 2 is 2.00 bits per heavy atom. The summed E-state index contributed by atoms with van der Waals surface area (Å²) in [4.78, 5) is 18.8. The maximum Gasteiger partial charge on any atom is 0.223 e. The number of amides is 1. The summed E-state index contributed by atoms with van der Waals surface area (Å²) in [6.45, 7) is 4.19. The lowest BCUT2D eigenvalue weighted by Crippen LogP contribution is -2.19. The molecule has 3 aromatic rings. The number of benzene rings is 2. The van der Waals surface area contributed by atoms with E-state index >= 15 is 0 Å². The van der Waals surface area contributed by atoms with E-state index in [4.69, 9.17) is 14.5 Å². The molecular formula is C26H31N3O3. The van der Waals surface area contributed by atoms with Crippen LogP contribution in [-0.4, -0.2) is 47.7 Å². The van der Waals surface area contributed by atoms with Crippen LogP contribution in [-0.2, 0) is 11.3 Å². The highest BCUT2D eigenvalue weighted by atomic mass is 16.5. The molecule has 1 unspecified atom stereocenters. The van der Waals surface area contributed by atoms with Gasteiger partial charge in [0.15, 0.2) is 11.5 Å². The van der Waals surface area contributed by atoms with Crippen LogP contribution in [0.25, 0.3) is 17.1 Å². The minimum absolute atomic E-state index is 0.149. The van der Waals surface area contributed by atoms with Crippen LogP contribution in [0.1, 0.15) is 43.5 Å². The number of hydrogen-bond acceptors (Lipinski definition) is 4. The molecule has 0 N–H and O–H groups in total. The van der Waals surface area contributed by atoms with Crippen molar-refractivity contribution in [3.63, 3.8) is 0 Å². The molecule has 0 radical (unpaired) electrons. The largest absolute Gasteiger partial charge is 0.493 e. The van der Waals surface area contributed by atoms with Crippen molar-refractivity contribution < 1.29 is 14.3 Å². The molecule has 1 aliphatic heterocycles. The number of ether oxygens (including phenoxy) is 2. The Labute approximate surface area is 189 Å². The van der Waals surface area contributed by atoms with Gasteiger partial charge in [-0.2, -0.15) is 0 Å². The third-order valence-electron chi connectivity index (χ3n) is 5.97. The number of aryl methyl sites for hydroxylation is 1. The molecule has 1 saturated heterocycles. The van der Waals surface area contributed by atoms with Crippen LogP contribution in [0.4, 0.5) is 0 Å². The summed E-state index contributed by atoms with van der Waals surface area (Å²) in [5, 5.41) is 0. The number of carbonyl (C=O) groups excluding carboxylic acids is 1. The molecular weight excluding hydrogens is 402 g/mol. The number of unbranched alkanes of at least 4 members (excludes halogenated alkanes) is 1. The normalized spacial score (nSPS) is 16.4. The smallest absolute Gasteiger partial charge is 0.223 e. The first-order valence-corrected chi connectivity index (χ1v) is 11.2. The van der Waals surface area contributed by atoms with Crippen molar-refractivity contribution in [2.75, 3.05) is 27.3 Å². The zero-order chi connectivity index (χ0) is 22.5. The van der Waals surface area contributed by atoms with E-state index in [0.717, 1.165) is 59.9 Å². The van der Waals surface area contributed by atoms with Gasteiger partial charge in [0.1, 0.15) is 5.82 Å². The van der Waals surface area contributed by atoms with Gasteiger partial charge in [0, 0.05) is 32.5 Å². The number of aromatic nitrogens is 2. The molecule has 1 atom stereocenters. The van der Waals surface area contributed by atoms with Crippen molar-refractivity contribution in [3.05, 3.63) is 59.9 Å². The van der Waals surface area contributed by atoms with Crippen molar-refractivity contribution in [1.82, 2.24) is 14.5 Å². The summed E-state index contributed by atoms with van der Waals surface area (Å²) in [5.41, 5.74) is 3.21. The first-order valence-electron chi connectivity index (χ1n) is 11.2. The molecule has 2 heterocycles. The van der Waals surface area contributed by atoms with E-state index in [1.165, 1.54) is 0 Å². The third-order valence-corrected chi connectivity index (χ3v) is 5.97. The number of rotatable bonds is 9. The number of fused-ring (bicyclic) bond motifs is 1. The van der Waals surface area contributed by atoms with E-state index in [0.29, 0.717) is 13.0 Å². The summed E-state index contributed by atoms with van der Waals surface area (Å²) in [5.74, 6) is 2.87. The molecule has 32 heavy (non-hydrogen) atoms. The molecule has 0 aliphatic carbocycles. The van der Waals surface area contributed by atoms with Crippen LogP contribution in [0.15, 0.2) is 48.5 Å². The summed E-state index contributed by atoms with van der Waals surface area (Å²) in [7, 11) is 3.53. The summed E-state index contributed by atoms with van der Waals surface area (Å²) in [6, 6.07) is 14.2. The van der Waals surface area contributed by atoms with Gasteiger partial charge in [-0.05, 0) is 49.6 Å². The van der Waals surface area contributed by atoms with E-state index in [1.54, 1.807) is 12.0 Å². The van der Waals surface area contributed by atoms with Gasteiger partial charge in [0.05, 0.1) is 24.8 Å². The highest BCUT2D eigenvalue weighted by molar-refractivity contribution is 5.80. The number of likely N-dealkylation sites (N-methyl/N-ethyl adjacent to an activating group) is 1. The van der Waals surface area contributed by atoms with Gasteiger partial charge in [0.2, 0.25) is 5.91 Å². The van der Waals surface area contributed by atoms with Gasteiger partial charge < -0.3 is 18.9 Å². The second kappa shape index (κ2) is 9.90. The van der Waals surface area contributed by atoms with E-state index in [9.17, 15) is 4.79 Å². The van der Waals surface area contributed by atoms with Crippen LogP contribution >= 0.6 is 0 Å². The van der Waals surface area contributed by atoms with Crippen molar-refractivity contribution in [2.24, 2.45) is 0 Å². The highest BCUT2D eigenvalue weighted by Gasteiger charge is 2.31. The average molecular weight is 434 g/mol. The molecule has 4 rings (SSSR count). The third kappa shape index (κ3) is 4.64. The van der Waals surface area contributed by atoms with Crippen LogP contribution < -0.4 is 9.47 Å². The van der Waals surface area contributed by atoms with E-state index in [2.05, 4.69) is 10.6 Å². The Kier molecular flexibility index (Phi) is 6.78. The molecule has 0 spiro atoms. The van der Waals surface area contributed by atoms with Crippen LogP contribution in [0.5, 0.6) is 11.5 Å². The Balaban J connectivity index is 1.40. The number of para-hydroxylation sites is 2. The van der Waals surface area contributed by atoms with Crippen LogP contribution in [0, 0.1) is 0 Å². The minimum atomic E-state index is 0.149. The summed E-state index contributed by atoms with van der Waals surface area (Å²) < 4.78 is 13.8. The second-order valence-electron chi connectivity index (χ2n) is 8.25. The zero-order valence-corrected chi connectivity index (χ0v) is 19.1. The Morgan fingerprint density at radius 3 is 2.75 bits per heavy atom.